The van der Waals surface area contributed by atoms with E-state index in [2.05, 4.69) is 29.8 Å². The molecule has 0 saturated heterocycles. The van der Waals surface area contributed by atoms with Crippen LogP contribution in [0.2, 0.25) is 0 Å². The van der Waals surface area contributed by atoms with Crippen LogP contribution in [0.4, 0.5) is 11.4 Å². The van der Waals surface area contributed by atoms with Gasteiger partial charge in [-0.3, -0.25) is 9.59 Å². The van der Waals surface area contributed by atoms with Gasteiger partial charge in [-0.15, -0.1) is 0 Å². The lowest BCUT2D eigenvalue weighted by Gasteiger charge is -2.14. The molecule has 27 heavy (non-hydrogen) atoms. The third-order valence-electron chi connectivity index (χ3n) is 3.65. The van der Waals surface area contributed by atoms with E-state index in [1.807, 2.05) is 37.3 Å². The number of carbonyl (C=O) groups excluding carboxylic acids is 2. The SMILES string of the molecule is CCNC(=O)c1cccc(NCC(=O)Nc2ccccc2OCC(C)C)c1. The third-order valence-corrected chi connectivity index (χ3v) is 3.65. The average molecular weight is 369 g/mol. The zero-order valence-corrected chi connectivity index (χ0v) is 16.0. The standard InChI is InChI=1S/C21H27N3O3/c1-4-22-21(26)16-8-7-9-17(12-16)23-13-20(25)24-18-10-5-6-11-19(18)27-14-15(2)3/h5-12,15,23H,4,13-14H2,1-3H3,(H,22,26)(H,24,25). The number of hydrogen-bond acceptors (Lipinski definition) is 4. The van der Waals surface area contributed by atoms with E-state index in [0.717, 1.165) is 0 Å². The molecule has 0 saturated carbocycles. The van der Waals surface area contributed by atoms with Crippen LogP contribution >= 0.6 is 0 Å². The molecular weight excluding hydrogens is 342 g/mol. The molecule has 0 heterocycles. The maximum atomic E-state index is 12.3. The van der Waals surface area contributed by atoms with Crippen LogP contribution in [-0.2, 0) is 4.79 Å². The van der Waals surface area contributed by atoms with Gasteiger partial charge in [-0.2, -0.15) is 0 Å². The Morgan fingerprint density at radius 3 is 2.59 bits per heavy atom. The van der Waals surface area contributed by atoms with E-state index in [4.69, 9.17) is 4.74 Å². The van der Waals surface area contributed by atoms with Crippen molar-refractivity contribution < 1.29 is 14.3 Å². The molecule has 2 amide bonds. The Labute approximate surface area is 160 Å². The highest BCUT2D eigenvalue weighted by molar-refractivity contribution is 5.96. The molecule has 0 atom stereocenters. The summed E-state index contributed by atoms with van der Waals surface area (Å²) in [6.45, 7) is 7.24. The minimum absolute atomic E-state index is 0.0807. The number of para-hydroxylation sites is 2. The summed E-state index contributed by atoms with van der Waals surface area (Å²) in [4.78, 5) is 24.2. The number of hydrogen-bond donors (Lipinski definition) is 3. The summed E-state index contributed by atoms with van der Waals surface area (Å²) in [5.41, 5.74) is 1.90. The Hall–Kier alpha value is -3.02. The Morgan fingerprint density at radius 2 is 1.85 bits per heavy atom. The minimum Gasteiger partial charge on any atom is -0.491 e. The van der Waals surface area contributed by atoms with Crippen molar-refractivity contribution in [1.29, 1.82) is 0 Å². The first-order valence-corrected chi connectivity index (χ1v) is 9.13. The van der Waals surface area contributed by atoms with Crippen LogP contribution < -0.4 is 20.7 Å². The number of nitrogens with one attached hydrogen (secondary N) is 3. The highest BCUT2D eigenvalue weighted by Gasteiger charge is 2.09. The van der Waals surface area contributed by atoms with Crippen LogP contribution in [0, 0.1) is 5.92 Å². The Morgan fingerprint density at radius 1 is 1.07 bits per heavy atom. The van der Waals surface area contributed by atoms with E-state index in [0.29, 0.717) is 41.8 Å². The highest BCUT2D eigenvalue weighted by Crippen LogP contribution is 2.24. The number of carbonyl (C=O) groups is 2. The topological polar surface area (TPSA) is 79.5 Å². The highest BCUT2D eigenvalue weighted by atomic mass is 16.5. The van der Waals surface area contributed by atoms with Crippen molar-refractivity contribution in [3.8, 4) is 5.75 Å². The molecular formula is C21H27N3O3. The molecule has 2 aromatic rings. The lowest BCUT2D eigenvalue weighted by Crippen LogP contribution is -2.24. The molecule has 6 nitrogen and oxygen atoms in total. The zero-order chi connectivity index (χ0) is 19.6. The van der Waals surface area contributed by atoms with Gasteiger partial charge in [0.1, 0.15) is 5.75 Å². The van der Waals surface area contributed by atoms with E-state index in [-0.39, 0.29) is 18.4 Å². The maximum absolute atomic E-state index is 12.3. The quantitative estimate of drug-likeness (QED) is 0.632. The van der Waals surface area contributed by atoms with E-state index >= 15 is 0 Å². The summed E-state index contributed by atoms with van der Waals surface area (Å²) in [5.74, 6) is 0.714. The lowest BCUT2D eigenvalue weighted by molar-refractivity contribution is -0.114. The van der Waals surface area contributed by atoms with E-state index < -0.39 is 0 Å². The van der Waals surface area contributed by atoms with Crippen LogP contribution in [0.3, 0.4) is 0 Å². The van der Waals surface area contributed by atoms with Gasteiger partial charge in [0.15, 0.2) is 0 Å². The fourth-order valence-corrected chi connectivity index (χ4v) is 2.36. The van der Waals surface area contributed by atoms with E-state index in [9.17, 15) is 9.59 Å². The van der Waals surface area contributed by atoms with E-state index in [1.54, 1.807) is 18.2 Å². The van der Waals surface area contributed by atoms with Crippen LogP contribution in [0.1, 0.15) is 31.1 Å². The molecule has 0 bridgehead atoms. The molecule has 0 aliphatic heterocycles. The van der Waals surface area contributed by atoms with Crippen molar-refractivity contribution in [2.75, 3.05) is 30.3 Å². The molecule has 144 valence electrons. The molecule has 2 aromatic carbocycles. The second kappa shape index (κ2) is 10.2. The number of amides is 2. The minimum atomic E-state index is -0.195. The molecule has 0 aliphatic rings. The van der Waals surface area contributed by atoms with Crippen molar-refractivity contribution in [1.82, 2.24) is 5.32 Å². The summed E-state index contributed by atoms with van der Waals surface area (Å²) < 4.78 is 5.75. The zero-order valence-electron chi connectivity index (χ0n) is 16.0. The van der Waals surface area contributed by atoms with Crippen LogP contribution in [0.15, 0.2) is 48.5 Å². The second-order valence-corrected chi connectivity index (χ2v) is 6.54. The van der Waals surface area contributed by atoms with E-state index in [1.165, 1.54) is 0 Å². The largest absolute Gasteiger partial charge is 0.491 e. The Kier molecular flexibility index (Phi) is 7.67. The van der Waals surface area contributed by atoms with Crippen molar-refractivity contribution in [2.45, 2.75) is 20.8 Å². The third kappa shape index (κ3) is 6.66. The van der Waals surface area contributed by atoms with Gasteiger partial charge in [0.25, 0.3) is 5.91 Å². The van der Waals surface area contributed by atoms with Gasteiger partial charge < -0.3 is 20.7 Å². The molecule has 0 radical (unpaired) electrons. The van der Waals surface area contributed by atoms with Gasteiger partial charge in [0.2, 0.25) is 5.91 Å². The molecule has 0 aromatic heterocycles. The van der Waals surface area contributed by atoms with Crippen molar-refractivity contribution in [3.63, 3.8) is 0 Å². The molecule has 2 rings (SSSR count). The maximum Gasteiger partial charge on any atom is 0.251 e. The summed E-state index contributed by atoms with van der Waals surface area (Å²) in [5, 5.41) is 8.65. The number of benzene rings is 2. The van der Waals surface area contributed by atoms with Gasteiger partial charge in [0.05, 0.1) is 18.8 Å². The lowest BCUT2D eigenvalue weighted by atomic mass is 10.2. The second-order valence-electron chi connectivity index (χ2n) is 6.54. The Bertz CT molecular complexity index is 775. The van der Waals surface area contributed by atoms with Crippen molar-refractivity contribution in [2.24, 2.45) is 5.92 Å². The summed E-state index contributed by atoms with van der Waals surface area (Å²) in [6, 6.07) is 14.4. The van der Waals surface area contributed by atoms with Crippen LogP contribution in [0.25, 0.3) is 0 Å². The van der Waals surface area contributed by atoms with Gasteiger partial charge >= 0.3 is 0 Å². The van der Waals surface area contributed by atoms with Crippen molar-refractivity contribution in [3.05, 3.63) is 54.1 Å². The summed E-state index contributed by atoms with van der Waals surface area (Å²) in [6.07, 6.45) is 0. The number of rotatable bonds is 9. The van der Waals surface area contributed by atoms with Crippen LogP contribution in [0.5, 0.6) is 5.75 Å². The van der Waals surface area contributed by atoms with Crippen molar-refractivity contribution >= 4 is 23.2 Å². The molecule has 6 heteroatoms. The first kappa shape index (κ1) is 20.3. The summed E-state index contributed by atoms with van der Waals surface area (Å²) >= 11 is 0. The fourth-order valence-electron chi connectivity index (χ4n) is 2.36. The first-order chi connectivity index (χ1) is 13.0. The van der Waals surface area contributed by atoms with Gasteiger partial charge in [-0.25, -0.2) is 0 Å². The predicted octanol–water partition coefficient (Wildman–Crippen LogP) is 3.52. The molecule has 0 fully saturated rings. The Balaban J connectivity index is 1.93. The predicted molar refractivity (Wildman–Crippen MR) is 108 cm³/mol. The summed E-state index contributed by atoms with van der Waals surface area (Å²) in [7, 11) is 0. The number of anilines is 2. The average Bonchev–Trinajstić information content (AvgIpc) is 2.66. The first-order valence-electron chi connectivity index (χ1n) is 9.13. The van der Waals surface area contributed by atoms with Gasteiger partial charge in [0, 0.05) is 17.8 Å². The van der Waals surface area contributed by atoms with Gasteiger partial charge in [-0.1, -0.05) is 32.0 Å². The molecule has 0 spiro atoms. The smallest absolute Gasteiger partial charge is 0.251 e. The van der Waals surface area contributed by atoms with Crippen LogP contribution in [-0.4, -0.2) is 31.5 Å². The normalized spacial score (nSPS) is 10.4. The molecule has 3 N–H and O–H groups in total. The number of ether oxygens (including phenoxy) is 1. The van der Waals surface area contributed by atoms with Gasteiger partial charge in [-0.05, 0) is 43.2 Å². The molecule has 0 aliphatic carbocycles. The monoisotopic (exact) mass is 369 g/mol. The fraction of sp³-hybridized carbons (Fsp3) is 0.333. The molecule has 0 unspecified atom stereocenters.